The molecule has 1 aromatic rings. The number of hydrogen-bond acceptors (Lipinski definition) is 2. The third-order valence-corrected chi connectivity index (χ3v) is 5.16. The Balaban J connectivity index is 1.90. The van der Waals surface area contributed by atoms with Gasteiger partial charge >= 0.3 is 0 Å². The lowest BCUT2D eigenvalue weighted by Crippen LogP contribution is -2.47. The molecule has 1 N–H and O–H groups in total. The summed E-state index contributed by atoms with van der Waals surface area (Å²) >= 11 is 2.10. The molecule has 0 radical (unpaired) electrons. The lowest BCUT2D eigenvalue weighted by molar-refractivity contribution is 0.372. The molecule has 2 heteroatoms. The van der Waals surface area contributed by atoms with Crippen molar-refractivity contribution < 1.29 is 0 Å². The molecular weight excluding hydrogens is 202 g/mol. The second-order valence-corrected chi connectivity index (χ2v) is 6.77. The predicted octanol–water partition coefficient (Wildman–Crippen LogP) is 2.60. The van der Waals surface area contributed by atoms with Gasteiger partial charge in [-0.15, -0.1) is 11.8 Å². The van der Waals surface area contributed by atoms with Crippen molar-refractivity contribution in [1.29, 1.82) is 0 Å². The van der Waals surface area contributed by atoms with Gasteiger partial charge in [0, 0.05) is 24.1 Å². The minimum Gasteiger partial charge on any atom is -0.296 e. The van der Waals surface area contributed by atoms with Crippen LogP contribution in [0.5, 0.6) is 0 Å². The summed E-state index contributed by atoms with van der Waals surface area (Å²) in [6, 6.07) is 8.86. The van der Waals surface area contributed by atoms with E-state index in [-0.39, 0.29) is 0 Å². The van der Waals surface area contributed by atoms with Crippen molar-refractivity contribution in [2.45, 2.75) is 37.1 Å². The van der Waals surface area contributed by atoms with Gasteiger partial charge in [0.1, 0.15) is 0 Å². The Hall–Kier alpha value is -0.470. The van der Waals surface area contributed by atoms with Crippen molar-refractivity contribution >= 4 is 11.8 Å². The molecule has 0 saturated carbocycles. The molecule has 0 amide bonds. The molecule has 1 fully saturated rings. The van der Waals surface area contributed by atoms with Crippen LogP contribution in [0.2, 0.25) is 0 Å². The third-order valence-electron chi connectivity index (χ3n) is 3.35. The molecule has 0 aromatic heterocycles. The smallest absolute Gasteiger partial charge is 0.0731 e. The van der Waals surface area contributed by atoms with Crippen LogP contribution in [-0.2, 0) is 12.8 Å². The molecule has 1 heterocycles. The zero-order chi connectivity index (χ0) is 10.5. The van der Waals surface area contributed by atoms with E-state index in [4.69, 9.17) is 0 Å². The number of rotatable bonds is 0. The quantitative estimate of drug-likeness (QED) is 0.720. The number of hydrogen-bond donors (Lipinski definition) is 1. The highest BCUT2D eigenvalue weighted by Gasteiger charge is 2.46. The Labute approximate surface area is 95.6 Å². The monoisotopic (exact) mass is 219 g/mol. The van der Waals surface area contributed by atoms with E-state index in [1.54, 1.807) is 0 Å². The van der Waals surface area contributed by atoms with Crippen LogP contribution in [0.15, 0.2) is 24.3 Å². The fraction of sp³-hybridized carbons (Fsp3) is 0.538. The van der Waals surface area contributed by atoms with Crippen molar-refractivity contribution in [1.82, 2.24) is 5.32 Å². The summed E-state index contributed by atoms with van der Waals surface area (Å²) in [7, 11) is 0. The van der Waals surface area contributed by atoms with Crippen molar-refractivity contribution in [2.24, 2.45) is 0 Å². The largest absolute Gasteiger partial charge is 0.296 e. The zero-order valence-electron chi connectivity index (χ0n) is 9.34. The van der Waals surface area contributed by atoms with Crippen LogP contribution in [0.1, 0.15) is 25.0 Å². The normalized spacial score (nSPS) is 25.7. The van der Waals surface area contributed by atoms with Crippen molar-refractivity contribution in [2.75, 3.05) is 5.75 Å². The molecule has 1 aromatic carbocycles. The molecule has 0 atom stereocenters. The molecule has 1 aliphatic heterocycles. The van der Waals surface area contributed by atoms with Gasteiger partial charge < -0.3 is 0 Å². The molecule has 1 spiro atoms. The number of nitrogens with one attached hydrogen (secondary N) is 1. The first-order valence-electron chi connectivity index (χ1n) is 5.59. The van der Waals surface area contributed by atoms with Crippen molar-refractivity contribution in [3.05, 3.63) is 35.4 Å². The maximum absolute atomic E-state index is 3.82. The van der Waals surface area contributed by atoms with E-state index in [2.05, 4.69) is 55.2 Å². The predicted molar refractivity (Wildman–Crippen MR) is 66.3 cm³/mol. The average molecular weight is 219 g/mol. The first-order chi connectivity index (χ1) is 7.09. The van der Waals surface area contributed by atoms with E-state index in [1.807, 2.05) is 0 Å². The summed E-state index contributed by atoms with van der Waals surface area (Å²) in [4.78, 5) is 0.299. The standard InChI is InChI=1S/C13H17NS/c1-12(2)9-15-13(14-12)7-10-5-3-4-6-11(10)8-13/h3-6,14H,7-9H2,1-2H3. The average Bonchev–Trinajstić information content (AvgIpc) is 2.66. The van der Waals surface area contributed by atoms with Gasteiger partial charge in [0.15, 0.2) is 0 Å². The SMILES string of the molecule is CC1(C)CSC2(Cc3ccccc3C2)N1. The van der Waals surface area contributed by atoms with Crippen LogP contribution in [0.3, 0.4) is 0 Å². The van der Waals surface area contributed by atoms with Crippen molar-refractivity contribution in [3.8, 4) is 0 Å². The van der Waals surface area contributed by atoms with Gasteiger partial charge in [-0.3, -0.25) is 5.32 Å². The van der Waals surface area contributed by atoms with Crippen LogP contribution < -0.4 is 5.32 Å². The second kappa shape index (κ2) is 3.02. The van der Waals surface area contributed by atoms with Crippen LogP contribution in [0.25, 0.3) is 0 Å². The van der Waals surface area contributed by atoms with Gasteiger partial charge in [-0.05, 0) is 25.0 Å². The van der Waals surface area contributed by atoms with E-state index < -0.39 is 0 Å². The van der Waals surface area contributed by atoms with Gasteiger partial charge in [-0.1, -0.05) is 24.3 Å². The van der Waals surface area contributed by atoms with Gasteiger partial charge in [0.05, 0.1) is 4.87 Å². The minimum absolute atomic E-state index is 0.298. The van der Waals surface area contributed by atoms with E-state index in [0.717, 1.165) is 0 Å². The highest BCUT2D eigenvalue weighted by atomic mass is 32.2. The Morgan fingerprint density at radius 1 is 1.13 bits per heavy atom. The molecule has 2 aliphatic rings. The minimum atomic E-state index is 0.298. The molecule has 15 heavy (non-hydrogen) atoms. The Kier molecular flexibility index (Phi) is 1.96. The number of fused-ring (bicyclic) bond motifs is 1. The fourth-order valence-corrected chi connectivity index (χ4v) is 4.35. The van der Waals surface area contributed by atoms with Gasteiger partial charge in [0.25, 0.3) is 0 Å². The summed E-state index contributed by atoms with van der Waals surface area (Å²) < 4.78 is 0. The van der Waals surface area contributed by atoms with Crippen LogP contribution in [-0.4, -0.2) is 16.2 Å². The molecule has 1 aliphatic carbocycles. The summed E-state index contributed by atoms with van der Waals surface area (Å²) in [5.41, 5.74) is 3.37. The maximum Gasteiger partial charge on any atom is 0.0731 e. The summed E-state index contributed by atoms with van der Waals surface area (Å²) in [6.45, 7) is 4.61. The van der Waals surface area contributed by atoms with E-state index in [1.165, 1.54) is 29.7 Å². The van der Waals surface area contributed by atoms with Crippen LogP contribution in [0, 0.1) is 0 Å². The second-order valence-electron chi connectivity index (χ2n) is 5.41. The highest BCUT2D eigenvalue weighted by Crippen LogP contribution is 2.44. The van der Waals surface area contributed by atoms with Gasteiger partial charge in [0.2, 0.25) is 0 Å². The number of benzene rings is 1. The maximum atomic E-state index is 3.82. The van der Waals surface area contributed by atoms with Gasteiger partial charge in [-0.2, -0.15) is 0 Å². The Morgan fingerprint density at radius 3 is 2.20 bits per heavy atom. The fourth-order valence-electron chi connectivity index (χ4n) is 2.78. The number of thioether (sulfide) groups is 1. The topological polar surface area (TPSA) is 12.0 Å². The Morgan fingerprint density at radius 2 is 1.73 bits per heavy atom. The molecule has 1 nitrogen and oxygen atoms in total. The first-order valence-corrected chi connectivity index (χ1v) is 6.57. The van der Waals surface area contributed by atoms with Crippen molar-refractivity contribution in [3.63, 3.8) is 0 Å². The molecule has 80 valence electrons. The zero-order valence-corrected chi connectivity index (χ0v) is 10.2. The lowest BCUT2D eigenvalue weighted by atomic mass is 10.1. The summed E-state index contributed by atoms with van der Waals surface area (Å²) in [6.07, 6.45) is 2.38. The first kappa shape index (κ1) is 9.73. The van der Waals surface area contributed by atoms with E-state index >= 15 is 0 Å². The van der Waals surface area contributed by atoms with Crippen LogP contribution >= 0.6 is 11.8 Å². The summed E-state index contributed by atoms with van der Waals surface area (Å²) in [5, 5.41) is 3.82. The van der Waals surface area contributed by atoms with E-state index in [0.29, 0.717) is 10.4 Å². The molecular formula is C13H17NS. The van der Waals surface area contributed by atoms with Crippen LogP contribution in [0.4, 0.5) is 0 Å². The van der Waals surface area contributed by atoms with E-state index in [9.17, 15) is 0 Å². The Bertz CT molecular complexity index is 372. The van der Waals surface area contributed by atoms with Gasteiger partial charge in [-0.25, -0.2) is 0 Å². The molecule has 1 saturated heterocycles. The summed E-state index contributed by atoms with van der Waals surface area (Å²) in [5.74, 6) is 1.22. The highest BCUT2D eigenvalue weighted by molar-refractivity contribution is 8.01. The molecule has 3 rings (SSSR count). The third kappa shape index (κ3) is 1.60. The molecule has 0 bridgehead atoms. The lowest BCUT2D eigenvalue weighted by Gasteiger charge is -2.27. The molecule has 0 unspecified atom stereocenters.